The van der Waals surface area contributed by atoms with Gasteiger partial charge in [0.15, 0.2) is 17.2 Å². The van der Waals surface area contributed by atoms with Crippen molar-refractivity contribution < 1.29 is 14.2 Å². The summed E-state index contributed by atoms with van der Waals surface area (Å²) in [4.78, 5) is 4.18. The summed E-state index contributed by atoms with van der Waals surface area (Å²) in [5, 5.41) is 7.50. The van der Waals surface area contributed by atoms with Gasteiger partial charge < -0.3 is 25.3 Å². The molecule has 0 radical (unpaired) electrons. The van der Waals surface area contributed by atoms with Crippen molar-refractivity contribution in [2.45, 2.75) is 6.54 Å². The van der Waals surface area contributed by atoms with E-state index in [1.807, 2.05) is 30.3 Å². The van der Waals surface area contributed by atoms with Crippen LogP contribution in [0.2, 0.25) is 0 Å². The van der Waals surface area contributed by atoms with Gasteiger partial charge in [0, 0.05) is 6.54 Å². The van der Waals surface area contributed by atoms with Gasteiger partial charge in [-0.3, -0.25) is 0 Å². The quantitative estimate of drug-likeness (QED) is 0.713. The topological polar surface area (TPSA) is 95.9 Å². The Morgan fingerprint density at radius 2 is 1.71 bits per heavy atom. The predicted octanol–water partition coefficient (Wildman–Crippen LogP) is 1.95. The Morgan fingerprint density at radius 1 is 1.00 bits per heavy atom. The minimum atomic E-state index is 0.189. The number of fused-ring (bicyclic) bond motifs is 1. The van der Waals surface area contributed by atoms with Gasteiger partial charge in [-0.05, 0) is 29.8 Å². The Labute approximate surface area is 139 Å². The zero-order valence-electron chi connectivity index (χ0n) is 13.7. The van der Waals surface area contributed by atoms with Gasteiger partial charge in [0.05, 0.1) is 21.3 Å². The third-order valence-electron chi connectivity index (χ3n) is 3.61. The highest BCUT2D eigenvalue weighted by Crippen LogP contribution is 2.28. The van der Waals surface area contributed by atoms with E-state index in [0.717, 1.165) is 11.4 Å². The van der Waals surface area contributed by atoms with Gasteiger partial charge in [-0.15, -0.1) is 5.10 Å². The molecule has 2 aromatic heterocycles. The van der Waals surface area contributed by atoms with Gasteiger partial charge in [0.25, 0.3) is 0 Å². The molecule has 0 atom stereocenters. The molecule has 1 aromatic carbocycles. The van der Waals surface area contributed by atoms with E-state index in [1.165, 1.54) is 0 Å². The second-order valence-electron chi connectivity index (χ2n) is 5.04. The SMILES string of the molecule is COc1ccc(CNc2ccc(OC)c3nc(N)nn23)cc1OC. The highest BCUT2D eigenvalue weighted by molar-refractivity contribution is 5.61. The van der Waals surface area contributed by atoms with E-state index in [9.17, 15) is 0 Å². The van der Waals surface area contributed by atoms with Crippen molar-refractivity contribution in [3.8, 4) is 17.2 Å². The molecule has 0 aliphatic carbocycles. The average Bonchev–Trinajstić information content (AvgIpc) is 3.00. The maximum absolute atomic E-state index is 5.70. The van der Waals surface area contributed by atoms with Crippen LogP contribution >= 0.6 is 0 Å². The van der Waals surface area contributed by atoms with Crippen LogP contribution in [0, 0.1) is 0 Å². The average molecular weight is 329 g/mol. The number of pyridine rings is 1. The Balaban J connectivity index is 1.86. The lowest BCUT2D eigenvalue weighted by Crippen LogP contribution is -2.06. The highest BCUT2D eigenvalue weighted by atomic mass is 16.5. The smallest absolute Gasteiger partial charge is 0.240 e. The Bertz CT molecular complexity index is 862. The van der Waals surface area contributed by atoms with E-state index in [1.54, 1.807) is 25.8 Å². The molecule has 3 rings (SSSR count). The number of benzene rings is 1. The highest BCUT2D eigenvalue weighted by Gasteiger charge is 2.11. The van der Waals surface area contributed by atoms with E-state index >= 15 is 0 Å². The summed E-state index contributed by atoms with van der Waals surface area (Å²) in [7, 11) is 4.80. The van der Waals surface area contributed by atoms with Crippen LogP contribution in [-0.4, -0.2) is 35.9 Å². The number of ether oxygens (including phenoxy) is 3. The van der Waals surface area contributed by atoms with Crippen LogP contribution in [0.1, 0.15) is 5.56 Å². The molecule has 3 aromatic rings. The molecule has 0 fully saturated rings. The molecule has 24 heavy (non-hydrogen) atoms. The number of nitrogens with zero attached hydrogens (tertiary/aromatic N) is 3. The zero-order chi connectivity index (χ0) is 17.1. The number of anilines is 2. The van der Waals surface area contributed by atoms with Gasteiger partial charge in [-0.2, -0.15) is 9.50 Å². The van der Waals surface area contributed by atoms with E-state index < -0.39 is 0 Å². The predicted molar refractivity (Wildman–Crippen MR) is 90.8 cm³/mol. The van der Waals surface area contributed by atoms with Crippen LogP contribution in [0.15, 0.2) is 30.3 Å². The monoisotopic (exact) mass is 329 g/mol. The van der Waals surface area contributed by atoms with Crippen molar-refractivity contribution in [1.29, 1.82) is 0 Å². The molecule has 0 aliphatic heterocycles. The van der Waals surface area contributed by atoms with Crippen LogP contribution < -0.4 is 25.3 Å². The van der Waals surface area contributed by atoms with Crippen LogP contribution in [0.4, 0.5) is 11.8 Å². The first-order chi connectivity index (χ1) is 11.7. The van der Waals surface area contributed by atoms with Crippen molar-refractivity contribution in [3.63, 3.8) is 0 Å². The lowest BCUT2D eigenvalue weighted by atomic mass is 10.2. The second kappa shape index (κ2) is 6.53. The summed E-state index contributed by atoms with van der Waals surface area (Å²) in [6.45, 7) is 0.571. The third kappa shape index (κ3) is 2.85. The fraction of sp³-hybridized carbons (Fsp3) is 0.250. The third-order valence-corrected chi connectivity index (χ3v) is 3.61. The molecular formula is C16H19N5O3. The summed E-state index contributed by atoms with van der Waals surface area (Å²) in [5.41, 5.74) is 7.30. The van der Waals surface area contributed by atoms with Crippen LogP contribution in [0.3, 0.4) is 0 Å². The summed E-state index contributed by atoms with van der Waals surface area (Å²) in [5.74, 6) is 2.92. The van der Waals surface area contributed by atoms with Crippen molar-refractivity contribution in [2.24, 2.45) is 0 Å². The standard InChI is InChI=1S/C16H19N5O3/c1-22-11-5-4-10(8-13(11)24-3)9-18-14-7-6-12(23-2)15-19-16(17)20-21(14)15/h4-8,18H,9H2,1-3H3,(H2,17,20). The first-order valence-corrected chi connectivity index (χ1v) is 7.30. The first kappa shape index (κ1) is 15.7. The van der Waals surface area contributed by atoms with Gasteiger partial charge in [0.2, 0.25) is 11.6 Å². The second-order valence-corrected chi connectivity index (χ2v) is 5.04. The minimum Gasteiger partial charge on any atom is -0.493 e. The lowest BCUT2D eigenvalue weighted by Gasteiger charge is -2.12. The number of methoxy groups -OCH3 is 3. The van der Waals surface area contributed by atoms with Crippen LogP contribution in [0.25, 0.3) is 5.65 Å². The number of nitrogens with two attached hydrogens (primary N) is 1. The van der Waals surface area contributed by atoms with Crippen molar-refractivity contribution in [2.75, 3.05) is 32.4 Å². The molecule has 0 bridgehead atoms. The fourth-order valence-electron chi connectivity index (χ4n) is 2.43. The normalized spacial score (nSPS) is 10.6. The number of hydrogen-bond donors (Lipinski definition) is 2. The molecule has 0 spiro atoms. The minimum absolute atomic E-state index is 0.189. The summed E-state index contributed by atoms with van der Waals surface area (Å²) < 4.78 is 17.5. The molecule has 3 N–H and O–H groups in total. The number of hydrogen-bond acceptors (Lipinski definition) is 7. The lowest BCUT2D eigenvalue weighted by molar-refractivity contribution is 0.354. The molecule has 8 heteroatoms. The maximum atomic E-state index is 5.70. The Kier molecular flexibility index (Phi) is 4.28. The fourth-order valence-corrected chi connectivity index (χ4v) is 2.43. The van der Waals surface area contributed by atoms with E-state index in [0.29, 0.717) is 29.4 Å². The van der Waals surface area contributed by atoms with Crippen molar-refractivity contribution in [3.05, 3.63) is 35.9 Å². The molecule has 2 heterocycles. The van der Waals surface area contributed by atoms with Gasteiger partial charge in [-0.1, -0.05) is 6.07 Å². The van der Waals surface area contributed by atoms with Crippen molar-refractivity contribution in [1.82, 2.24) is 14.6 Å². The summed E-state index contributed by atoms with van der Waals surface area (Å²) in [6, 6.07) is 9.43. The first-order valence-electron chi connectivity index (χ1n) is 7.30. The summed E-state index contributed by atoms with van der Waals surface area (Å²) in [6.07, 6.45) is 0. The molecule has 0 saturated heterocycles. The maximum Gasteiger partial charge on any atom is 0.240 e. The number of rotatable bonds is 6. The van der Waals surface area contributed by atoms with E-state index in [4.69, 9.17) is 19.9 Å². The van der Waals surface area contributed by atoms with Gasteiger partial charge in [-0.25, -0.2) is 0 Å². The molecular weight excluding hydrogens is 310 g/mol. The molecule has 8 nitrogen and oxygen atoms in total. The molecule has 0 saturated carbocycles. The van der Waals surface area contributed by atoms with E-state index in [2.05, 4.69) is 15.4 Å². The van der Waals surface area contributed by atoms with Crippen molar-refractivity contribution >= 4 is 17.4 Å². The number of nitrogens with one attached hydrogen (secondary N) is 1. The number of aromatic nitrogens is 3. The Hall–Kier alpha value is -3.16. The molecule has 126 valence electrons. The molecule has 0 unspecified atom stereocenters. The summed E-state index contributed by atoms with van der Waals surface area (Å²) >= 11 is 0. The largest absolute Gasteiger partial charge is 0.493 e. The molecule has 0 amide bonds. The number of nitrogen functional groups attached to an aromatic ring is 1. The molecule has 0 aliphatic rings. The van der Waals surface area contributed by atoms with Gasteiger partial charge >= 0.3 is 0 Å². The van der Waals surface area contributed by atoms with Gasteiger partial charge in [0.1, 0.15) is 5.82 Å². The van der Waals surface area contributed by atoms with E-state index in [-0.39, 0.29) is 5.95 Å². The Morgan fingerprint density at radius 3 is 2.42 bits per heavy atom. The van der Waals surface area contributed by atoms with Crippen LogP contribution in [0.5, 0.6) is 17.2 Å². The zero-order valence-corrected chi connectivity index (χ0v) is 13.7. The van der Waals surface area contributed by atoms with Crippen LogP contribution in [-0.2, 0) is 6.54 Å².